The fourth-order valence-electron chi connectivity index (χ4n) is 7.35. The molecular weight excluding hydrogens is 652 g/mol. The molecule has 2 saturated heterocycles. The molecule has 3 aliphatic heterocycles. The molecule has 4 aliphatic rings. The molecule has 3 aromatic rings. The van der Waals surface area contributed by atoms with Crippen molar-refractivity contribution >= 4 is 17.4 Å². The molecule has 4 atom stereocenters. The van der Waals surface area contributed by atoms with Gasteiger partial charge in [-0.15, -0.1) is 0 Å². The Bertz CT molecular complexity index is 1780. The quantitative estimate of drug-likeness (QED) is 0.156. The van der Waals surface area contributed by atoms with Crippen molar-refractivity contribution in [2.24, 2.45) is 0 Å². The maximum absolute atomic E-state index is 14.8. The number of ether oxygens (including phenoxy) is 1. The number of aliphatic hydroxyl groups excluding tert-OH is 1. The number of carbonyl (C=O) groups is 2. The second-order valence-corrected chi connectivity index (χ2v) is 13.7. The number of rotatable bonds is 11. The number of nitrogens with zero attached hydrogens (tertiary/aromatic N) is 2. The molecule has 3 heterocycles. The van der Waals surface area contributed by atoms with E-state index in [0.29, 0.717) is 56.0 Å². The second kappa shape index (κ2) is 14.5. The molecule has 8 nitrogen and oxygen atoms in total. The molecule has 3 fully saturated rings. The van der Waals surface area contributed by atoms with Crippen LogP contribution in [0.1, 0.15) is 48.8 Å². The van der Waals surface area contributed by atoms with E-state index in [-0.39, 0.29) is 49.4 Å². The van der Waals surface area contributed by atoms with Crippen molar-refractivity contribution in [1.82, 2.24) is 20.4 Å². The zero-order chi connectivity index (χ0) is 34.9. The summed E-state index contributed by atoms with van der Waals surface area (Å²) >= 11 is 0. The van der Waals surface area contributed by atoms with Crippen LogP contribution in [0.5, 0.6) is 5.75 Å². The molecule has 1 saturated carbocycles. The van der Waals surface area contributed by atoms with Crippen molar-refractivity contribution in [3.05, 3.63) is 106 Å². The maximum atomic E-state index is 14.8. The number of aliphatic hydroxyl groups is 1. The molecule has 0 aromatic heterocycles. The van der Waals surface area contributed by atoms with Crippen LogP contribution < -0.4 is 15.4 Å². The van der Waals surface area contributed by atoms with E-state index in [1.807, 2.05) is 24.3 Å². The van der Waals surface area contributed by atoms with Crippen molar-refractivity contribution in [2.75, 3.05) is 26.2 Å². The Morgan fingerprint density at radius 1 is 0.940 bits per heavy atom. The van der Waals surface area contributed by atoms with Gasteiger partial charge in [0.05, 0.1) is 24.8 Å². The topological polar surface area (TPSA) is 94.1 Å². The van der Waals surface area contributed by atoms with E-state index in [0.717, 1.165) is 35.6 Å². The predicted molar refractivity (Wildman–Crippen MR) is 178 cm³/mol. The minimum Gasteiger partial charge on any atom is -0.488 e. The number of nitrogens with one attached hydrogen (secondary N) is 2. The van der Waals surface area contributed by atoms with Gasteiger partial charge in [0.1, 0.15) is 5.82 Å². The molecule has 0 spiro atoms. The number of benzene rings is 3. The van der Waals surface area contributed by atoms with Gasteiger partial charge in [-0.2, -0.15) is 4.39 Å². The lowest BCUT2D eigenvalue weighted by Crippen LogP contribution is -2.63. The van der Waals surface area contributed by atoms with Gasteiger partial charge in [-0.05, 0) is 73.4 Å². The molecule has 264 valence electrons. The van der Waals surface area contributed by atoms with Crippen LogP contribution in [-0.2, 0) is 22.6 Å². The first-order valence-electron chi connectivity index (χ1n) is 17.3. The third-order valence-electron chi connectivity index (χ3n) is 10.1. The van der Waals surface area contributed by atoms with Crippen molar-refractivity contribution < 1.29 is 37.0 Å². The summed E-state index contributed by atoms with van der Waals surface area (Å²) in [6.07, 6.45) is 2.91. The van der Waals surface area contributed by atoms with Crippen molar-refractivity contribution in [3.63, 3.8) is 0 Å². The van der Waals surface area contributed by atoms with Crippen LogP contribution in [-0.4, -0.2) is 83.2 Å². The number of hydrogen-bond donors (Lipinski definition) is 3. The lowest BCUT2D eigenvalue weighted by atomic mass is 9.82. The number of amides is 2. The van der Waals surface area contributed by atoms with Crippen molar-refractivity contribution in [3.8, 4) is 5.75 Å². The number of hydrogen-bond acceptors (Lipinski definition) is 6. The van der Waals surface area contributed by atoms with Gasteiger partial charge in [0.25, 0.3) is 5.91 Å². The number of halogens is 4. The molecule has 3 aromatic carbocycles. The molecular formula is C38H40F4N4O4. The van der Waals surface area contributed by atoms with Gasteiger partial charge >= 0.3 is 0 Å². The summed E-state index contributed by atoms with van der Waals surface area (Å²) in [4.78, 5) is 31.7. The smallest absolute Gasteiger partial charge is 0.252 e. The molecule has 0 radical (unpaired) electrons. The first-order chi connectivity index (χ1) is 24.2. The maximum Gasteiger partial charge on any atom is 0.252 e. The third-order valence-corrected chi connectivity index (χ3v) is 10.1. The van der Waals surface area contributed by atoms with E-state index in [9.17, 15) is 32.3 Å². The van der Waals surface area contributed by atoms with E-state index in [4.69, 9.17) is 4.74 Å². The van der Waals surface area contributed by atoms with Crippen molar-refractivity contribution in [2.45, 2.75) is 75.3 Å². The van der Waals surface area contributed by atoms with Gasteiger partial charge in [0, 0.05) is 49.4 Å². The number of fused-ring (bicyclic) bond motifs is 2. The van der Waals surface area contributed by atoms with Gasteiger partial charge in [0.15, 0.2) is 17.4 Å². The summed E-state index contributed by atoms with van der Waals surface area (Å²) in [7, 11) is 0. The average Bonchev–Trinajstić information content (AvgIpc) is 3.87. The van der Waals surface area contributed by atoms with Crippen LogP contribution in [0.4, 0.5) is 17.6 Å². The fraction of sp³-hybridized carbons (Fsp3) is 0.421. The monoisotopic (exact) mass is 692 g/mol. The number of aryl methyl sites for hydroxylation is 1. The molecule has 2 bridgehead atoms. The Morgan fingerprint density at radius 3 is 2.42 bits per heavy atom. The Kier molecular flexibility index (Phi) is 9.94. The lowest BCUT2D eigenvalue weighted by Gasteiger charge is -2.45. The highest BCUT2D eigenvalue weighted by molar-refractivity contribution is 6.03. The summed E-state index contributed by atoms with van der Waals surface area (Å²) in [6, 6.07) is 14.8. The largest absolute Gasteiger partial charge is 0.488 e. The standard InChI is InChI=1S/C38H40F4N4O4/c39-29-6-2-1-5-24(29)19-46(26-11-12-26)38(49)34-28(16-25-20-45(21-33(34)44-25)37(48)32-17-27(47)18-43-32)23-9-7-22(8-10-23)4-3-15-50-36-31(41)14-13-30(40)35(36)42/h1-2,5-10,13-14,25-27,32-33,43-44,47H,3-4,11-12,15-21H2/t25-,27+,32?,33+/m0/s1. The second-order valence-electron chi connectivity index (χ2n) is 13.7. The lowest BCUT2D eigenvalue weighted by molar-refractivity contribution is -0.136. The van der Waals surface area contributed by atoms with Crippen molar-refractivity contribution in [1.29, 1.82) is 0 Å². The van der Waals surface area contributed by atoms with E-state index < -0.39 is 41.4 Å². The highest BCUT2D eigenvalue weighted by Crippen LogP contribution is 2.38. The molecule has 50 heavy (non-hydrogen) atoms. The van der Waals surface area contributed by atoms with Gasteiger partial charge in [-0.1, -0.05) is 42.5 Å². The summed E-state index contributed by atoms with van der Waals surface area (Å²) in [5, 5.41) is 16.7. The van der Waals surface area contributed by atoms with Gasteiger partial charge in [0.2, 0.25) is 11.7 Å². The third kappa shape index (κ3) is 7.28. The first-order valence-corrected chi connectivity index (χ1v) is 17.3. The van der Waals surface area contributed by atoms with Gasteiger partial charge < -0.3 is 30.3 Å². The molecule has 3 N–H and O–H groups in total. The Hall–Kier alpha value is -4.26. The van der Waals surface area contributed by atoms with E-state index in [1.165, 1.54) is 6.07 Å². The number of β-amino-alcohol motifs (C(OH)–C–C–N with tert-alkyl or cyclic N) is 1. The molecule has 12 heteroatoms. The van der Waals surface area contributed by atoms with Crippen LogP contribution in [0, 0.1) is 23.3 Å². The molecule has 7 rings (SSSR count). The van der Waals surface area contributed by atoms with Crippen LogP contribution >= 0.6 is 0 Å². The van der Waals surface area contributed by atoms with Crippen LogP contribution in [0.2, 0.25) is 0 Å². The highest BCUT2D eigenvalue weighted by atomic mass is 19.2. The Morgan fingerprint density at radius 2 is 1.70 bits per heavy atom. The number of piperazine rings is 1. The van der Waals surface area contributed by atoms with Crippen LogP contribution in [0.3, 0.4) is 0 Å². The summed E-state index contributed by atoms with van der Waals surface area (Å²) in [6.45, 7) is 1.24. The Labute approximate surface area is 288 Å². The first kappa shape index (κ1) is 34.2. The zero-order valence-electron chi connectivity index (χ0n) is 27.5. The predicted octanol–water partition coefficient (Wildman–Crippen LogP) is 4.49. The zero-order valence-corrected chi connectivity index (χ0v) is 27.5. The highest BCUT2D eigenvalue weighted by Gasteiger charge is 2.44. The minimum atomic E-state index is -1.35. The fourth-order valence-corrected chi connectivity index (χ4v) is 7.35. The molecule has 1 unspecified atom stereocenters. The molecule has 1 aliphatic carbocycles. The molecule has 2 amide bonds. The SMILES string of the molecule is O=C(C1C[C@@H](O)CN1)N1C[C@@H]2CC(c3ccc(CCCOc4c(F)ccc(F)c4F)cc3)=C(C(=O)N(Cc3ccccc3F)C3CC3)[C@@H](C1)N2. The summed E-state index contributed by atoms with van der Waals surface area (Å²) in [5.74, 6) is -4.85. The van der Waals surface area contributed by atoms with E-state index in [1.54, 1.807) is 28.0 Å². The van der Waals surface area contributed by atoms with Crippen LogP contribution in [0.25, 0.3) is 5.57 Å². The van der Waals surface area contributed by atoms with Gasteiger partial charge in [-0.3, -0.25) is 9.59 Å². The van der Waals surface area contributed by atoms with E-state index >= 15 is 0 Å². The average molecular weight is 693 g/mol. The summed E-state index contributed by atoms with van der Waals surface area (Å²) < 4.78 is 61.4. The summed E-state index contributed by atoms with van der Waals surface area (Å²) in [5.41, 5.74) is 3.72. The minimum absolute atomic E-state index is 0.00185. The normalized spacial score (nSPS) is 23.3. The number of carbonyl (C=O) groups excluding carboxylic acids is 2. The van der Waals surface area contributed by atoms with Gasteiger partial charge in [-0.25, -0.2) is 13.2 Å². The Balaban J connectivity index is 1.13. The van der Waals surface area contributed by atoms with E-state index in [2.05, 4.69) is 10.6 Å². The van der Waals surface area contributed by atoms with Crippen LogP contribution in [0.15, 0.2) is 66.2 Å².